The van der Waals surface area contributed by atoms with Crippen LogP contribution in [0.1, 0.15) is 51.9 Å². The number of hydrogen-bond acceptors (Lipinski definition) is 2. The first-order chi connectivity index (χ1) is 7.22. The predicted molar refractivity (Wildman–Crippen MR) is 61.3 cm³/mol. The van der Waals surface area contributed by atoms with Crippen LogP contribution in [0.4, 0.5) is 0 Å². The minimum absolute atomic E-state index is 0. The van der Waals surface area contributed by atoms with Crippen LogP contribution in [0.25, 0.3) is 0 Å². The Morgan fingerprint density at radius 1 is 1.56 bits per heavy atom. The molecular formula is C13H21O2Tb-. The van der Waals surface area contributed by atoms with Crippen LogP contribution in [0, 0.1) is 45.0 Å². The van der Waals surface area contributed by atoms with Crippen molar-refractivity contribution in [1.82, 2.24) is 0 Å². The number of ether oxygens (including phenoxy) is 1. The van der Waals surface area contributed by atoms with E-state index >= 15 is 0 Å². The summed E-state index contributed by atoms with van der Waals surface area (Å²) in [5.74, 6) is -0.288. The van der Waals surface area contributed by atoms with Crippen LogP contribution in [-0.4, -0.2) is 11.6 Å². The zero-order chi connectivity index (χ0) is 11.1. The van der Waals surface area contributed by atoms with E-state index in [-0.39, 0.29) is 50.2 Å². The van der Waals surface area contributed by atoms with Gasteiger partial charge in [0, 0.05) is 44.7 Å². The van der Waals surface area contributed by atoms with Crippen molar-refractivity contribution in [2.45, 2.75) is 57.5 Å². The summed E-state index contributed by atoms with van der Waals surface area (Å²) >= 11 is 0. The van der Waals surface area contributed by atoms with Crippen LogP contribution in [-0.2, 0) is 9.53 Å². The average molecular weight is 368 g/mol. The molecule has 0 aromatic heterocycles. The Bertz CT molecular complexity index is 220. The molecule has 0 heterocycles. The van der Waals surface area contributed by atoms with Gasteiger partial charge in [-0.05, 0) is 18.4 Å². The molecule has 1 aliphatic rings. The van der Waals surface area contributed by atoms with Crippen molar-refractivity contribution in [2.75, 3.05) is 0 Å². The van der Waals surface area contributed by atoms with Crippen LogP contribution in [0.5, 0.6) is 0 Å². The Kier molecular flexibility index (Phi) is 8.83. The Labute approximate surface area is 130 Å². The van der Waals surface area contributed by atoms with Gasteiger partial charge in [0.05, 0.1) is 0 Å². The molecule has 2 nitrogen and oxygen atoms in total. The summed E-state index contributed by atoms with van der Waals surface area (Å²) in [6.45, 7) is 5.61. The van der Waals surface area contributed by atoms with E-state index in [0.717, 1.165) is 38.5 Å². The number of hydrogen-bond donors (Lipinski definition) is 0. The smallest absolute Gasteiger partial charge is 0.328 e. The predicted octanol–water partition coefficient (Wildman–Crippen LogP) is 3.42. The van der Waals surface area contributed by atoms with Gasteiger partial charge in [0.15, 0.2) is 0 Å². The van der Waals surface area contributed by atoms with Crippen molar-refractivity contribution in [3.8, 4) is 0 Å². The minimum Gasteiger partial charge on any atom is -0.489 e. The Balaban J connectivity index is 0.00000225. The Hall–Kier alpha value is 0.496. The van der Waals surface area contributed by atoms with Crippen molar-refractivity contribution >= 4 is 5.97 Å². The second kappa shape index (κ2) is 8.57. The molecule has 95 valence electrons. The van der Waals surface area contributed by atoms with Gasteiger partial charge >= 0.3 is 5.97 Å². The third-order valence-corrected chi connectivity index (χ3v) is 2.99. The fourth-order valence-corrected chi connectivity index (χ4v) is 2.12. The van der Waals surface area contributed by atoms with Crippen LogP contribution < -0.4 is 0 Å². The normalized spacial score (nSPS) is 24.3. The first-order valence-electron chi connectivity index (χ1n) is 5.92. The molecule has 3 heteroatoms. The van der Waals surface area contributed by atoms with Gasteiger partial charge < -0.3 is 4.74 Å². The van der Waals surface area contributed by atoms with E-state index in [1.165, 1.54) is 12.5 Å². The number of carbonyl (C=O) groups is 1. The molecule has 1 unspecified atom stereocenters. The summed E-state index contributed by atoms with van der Waals surface area (Å²) in [7, 11) is 0. The molecule has 0 bridgehead atoms. The molecule has 0 N–H and O–H groups in total. The van der Waals surface area contributed by atoms with Gasteiger partial charge in [0.1, 0.15) is 0 Å². The second-order valence-corrected chi connectivity index (χ2v) is 4.24. The molecule has 16 heavy (non-hydrogen) atoms. The average Bonchev–Trinajstić information content (AvgIpc) is 2.27. The fraction of sp³-hybridized carbons (Fsp3) is 0.692. The first-order valence-corrected chi connectivity index (χ1v) is 5.92. The molecule has 1 saturated carbocycles. The van der Waals surface area contributed by atoms with Crippen molar-refractivity contribution < 1.29 is 48.1 Å². The maximum Gasteiger partial charge on any atom is 0.328 e. The van der Waals surface area contributed by atoms with Gasteiger partial charge in [-0.3, -0.25) is 6.42 Å². The van der Waals surface area contributed by atoms with Gasteiger partial charge in [0.25, 0.3) is 0 Å². The number of unbranched alkanes of at least 4 members (excludes halogenated alkanes) is 1. The zero-order valence-corrected chi connectivity index (χ0v) is 12.1. The molecular weight excluding hydrogens is 347 g/mol. The van der Waals surface area contributed by atoms with Crippen molar-refractivity contribution in [3.63, 3.8) is 0 Å². The third-order valence-electron chi connectivity index (χ3n) is 2.99. The molecule has 0 aliphatic heterocycles. The summed E-state index contributed by atoms with van der Waals surface area (Å²) < 4.78 is 5.52. The monoisotopic (exact) mass is 368 g/mol. The van der Waals surface area contributed by atoms with Crippen LogP contribution >= 0.6 is 0 Å². The van der Waals surface area contributed by atoms with E-state index in [1.807, 2.05) is 0 Å². The molecule has 0 amide bonds. The van der Waals surface area contributed by atoms with E-state index in [1.54, 1.807) is 0 Å². The zero-order valence-electron chi connectivity index (χ0n) is 9.96. The van der Waals surface area contributed by atoms with E-state index in [0.29, 0.717) is 0 Å². The summed E-state index contributed by atoms with van der Waals surface area (Å²) in [6, 6.07) is 0. The van der Waals surface area contributed by atoms with Gasteiger partial charge in [-0.1, -0.05) is 39.2 Å². The fourth-order valence-electron chi connectivity index (χ4n) is 2.12. The first kappa shape index (κ1) is 16.5. The molecule has 1 radical (unpaired) electrons. The molecule has 0 spiro atoms. The van der Waals surface area contributed by atoms with E-state index in [4.69, 9.17) is 4.74 Å². The largest absolute Gasteiger partial charge is 0.489 e. The van der Waals surface area contributed by atoms with Crippen molar-refractivity contribution in [2.24, 2.45) is 0 Å². The second-order valence-electron chi connectivity index (χ2n) is 4.24. The summed E-state index contributed by atoms with van der Waals surface area (Å²) in [4.78, 5) is 11.3. The maximum absolute atomic E-state index is 11.3. The van der Waals surface area contributed by atoms with Crippen molar-refractivity contribution in [3.05, 3.63) is 19.1 Å². The quantitative estimate of drug-likeness (QED) is 0.422. The molecule has 1 atom stereocenters. The van der Waals surface area contributed by atoms with Crippen LogP contribution in [0.3, 0.4) is 0 Å². The molecule has 1 rings (SSSR count). The molecule has 1 aliphatic carbocycles. The minimum atomic E-state index is -0.292. The molecule has 0 aromatic carbocycles. The third kappa shape index (κ3) is 5.22. The van der Waals surface area contributed by atoms with E-state index in [2.05, 4.69) is 19.9 Å². The van der Waals surface area contributed by atoms with Crippen LogP contribution in [0.2, 0.25) is 0 Å². The SMILES string of the molecule is C=CC(=O)OC1(CCCC)[CH-]CCCC1.[Tb]. The Morgan fingerprint density at radius 3 is 2.81 bits per heavy atom. The van der Waals surface area contributed by atoms with Gasteiger partial charge in [-0.2, -0.15) is 6.42 Å². The van der Waals surface area contributed by atoms with Gasteiger partial charge in [0.2, 0.25) is 0 Å². The summed E-state index contributed by atoms with van der Waals surface area (Å²) in [5.41, 5.74) is -0.292. The molecule has 0 aromatic rings. The topological polar surface area (TPSA) is 26.3 Å². The summed E-state index contributed by atoms with van der Waals surface area (Å²) in [6.07, 6.45) is 11.1. The van der Waals surface area contributed by atoms with Crippen molar-refractivity contribution in [1.29, 1.82) is 0 Å². The molecule has 1 fully saturated rings. The number of carbonyl (C=O) groups excluding carboxylic acids is 1. The standard InChI is InChI=1S/C13H21O2.Tb/c1-3-5-9-13(15-12(14)4-2)10-7-6-8-11-13;/h4,10H,2-3,5-9,11H2,1H3;/q-1;. The van der Waals surface area contributed by atoms with E-state index in [9.17, 15) is 4.79 Å². The van der Waals surface area contributed by atoms with Gasteiger partial charge in [-0.15, -0.1) is 0 Å². The Morgan fingerprint density at radius 2 is 2.31 bits per heavy atom. The number of rotatable bonds is 5. The number of esters is 1. The van der Waals surface area contributed by atoms with Gasteiger partial charge in [-0.25, -0.2) is 4.79 Å². The molecule has 0 saturated heterocycles. The summed E-state index contributed by atoms with van der Waals surface area (Å²) in [5, 5.41) is 0. The van der Waals surface area contributed by atoms with Crippen LogP contribution in [0.15, 0.2) is 12.7 Å². The van der Waals surface area contributed by atoms with E-state index < -0.39 is 0 Å². The maximum atomic E-state index is 11.3.